The molecule has 132 valence electrons. The molecule has 1 aromatic rings. The van der Waals surface area contributed by atoms with Gasteiger partial charge in [-0.2, -0.15) is 0 Å². The molecule has 1 saturated heterocycles. The van der Waals surface area contributed by atoms with Gasteiger partial charge in [-0.05, 0) is 36.3 Å². The molecule has 1 heterocycles. The number of carbonyl (C=O) groups is 2. The van der Waals surface area contributed by atoms with Crippen LogP contribution in [0, 0.1) is 5.41 Å². The van der Waals surface area contributed by atoms with E-state index in [-0.39, 0.29) is 12.6 Å². The second-order valence-corrected chi connectivity index (χ2v) is 7.59. The predicted octanol–water partition coefficient (Wildman–Crippen LogP) is 4.26. The van der Waals surface area contributed by atoms with E-state index in [4.69, 9.17) is 0 Å². The third-order valence-corrected chi connectivity index (χ3v) is 4.88. The first-order chi connectivity index (χ1) is 11.2. The maximum atomic E-state index is 12.7. The highest BCUT2D eigenvalue weighted by Gasteiger charge is 2.42. The summed E-state index contributed by atoms with van der Waals surface area (Å²) >= 11 is 0. The van der Waals surface area contributed by atoms with Crippen LogP contribution in [0.4, 0.5) is 10.5 Å². The largest absolute Gasteiger partial charge is 0.481 e. The highest BCUT2D eigenvalue weighted by Crippen LogP contribution is 2.34. The fourth-order valence-corrected chi connectivity index (χ4v) is 3.19. The Morgan fingerprint density at radius 3 is 2.12 bits per heavy atom. The van der Waals surface area contributed by atoms with Gasteiger partial charge in [0, 0.05) is 18.8 Å². The number of aliphatic carboxylic acids is 1. The maximum absolute atomic E-state index is 12.7. The molecule has 0 bridgehead atoms. The highest BCUT2D eigenvalue weighted by atomic mass is 16.4. The number of nitrogens with one attached hydrogen (secondary N) is 1. The van der Waals surface area contributed by atoms with E-state index in [0.29, 0.717) is 24.8 Å². The molecular weight excluding hydrogens is 304 g/mol. The summed E-state index contributed by atoms with van der Waals surface area (Å²) in [7, 11) is 0. The zero-order valence-electron chi connectivity index (χ0n) is 15.2. The third-order valence-electron chi connectivity index (χ3n) is 4.88. The monoisotopic (exact) mass is 332 g/mol. The summed E-state index contributed by atoms with van der Waals surface area (Å²) in [5.41, 5.74) is 2.23. The number of benzene rings is 1. The molecule has 2 N–H and O–H groups in total. The lowest BCUT2D eigenvalue weighted by Crippen LogP contribution is -2.37. The molecule has 24 heavy (non-hydrogen) atoms. The number of hydrogen-bond donors (Lipinski definition) is 2. The number of carboxylic acid groups (broad SMARTS) is 1. The minimum atomic E-state index is -0.851. The van der Waals surface area contributed by atoms with Gasteiger partial charge in [0.1, 0.15) is 0 Å². The zero-order chi connectivity index (χ0) is 18.1. The molecule has 1 unspecified atom stereocenters. The lowest BCUT2D eigenvalue weighted by atomic mass is 9.90. The second kappa shape index (κ2) is 6.83. The van der Waals surface area contributed by atoms with Crippen molar-refractivity contribution in [2.45, 2.75) is 52.9 Å². The Labute approximate surface area is 144 Å². The highest BCUT2D eigenvalue weighted by molar-refractivity contribution is 5.92. The maximum Gasteiger partial charge on any atom is 0.321 e. The van der Waals surface area contributed by atoms with E-state index in [1.54, 1.807) is 11.8 Å². The Bertz CT molecular complexity index is 613. The Hall–Kier alpha value is -2.04. The van der Waals surface area contributed by atoms with Crippen molar-refractivity contribution >= 4 is 17.7 Å². The van der Waals surface area contributed by atoms with Crippen LogP contribution in [0.25, 0.3) is 0 Å². The molecule has 5 nitrogen and oxygen atoms in total. The van der Waals surface area contributed by atoms with Gasteiger partial charge in [-0.15, -0.1) is 0 Å². The quantitative estimate of drug-likeness (QED) is 0.865. The van der Waals surface area contributed by atoms with Crippen LogP contribution < -0.4 is 5.32 Å². The Morgan fingerprint density at radius 1 is 1.17 bits per heavy atom. The molecule has 2 amide bonds. The average molecular weight is 332 g/mol. The fourth-order valence-electron chi connectivity index (χ4n) is 3.19. The standard InChI is InChI=1S/C19H28N2O3/c1-12(2)14-7-6-8-15(13(3)4)16(14)20-18(24)21-10-9-19(5,11-21)17(22)23/h6-8,12-13H,9-11H2,1-5H3,(H,20,24)(H,22,23). The van der Waals surface area contributed by atoms with Gasteiger partial charge in [-0.25, -0.2) is 4.79 Å². The van der Waals surface area contributed by atoms with Crippen molar-refractivity contribution in [3.63, 3.8) is 0 Å². The number of carbonyl (C=O) groups excluding carboxylic acids is 1. The van der Waals surface area contributed by atoms with Gasteiger partial charge < -0.3 is 15.3 Å². The Balaban J connectivity index is 2.25. The van der Waals surface area contributed by atoms with Gasteiger partial charge in [0.15, 0.2) is 0 Å². The second-order valence-electron chi connectivity index (χ2n) is 7.59. The van der Waals surface area contributed by atoms with Crippen LogP contribution in [-0.2, 0) is 4.79 Å². The molecular formula is C19H28N2O3. The summed E-state index contributed by atoms with van der Waals surface area (Å²) in [6, 6.07) is 5.89. The summed E-state index contributed by atoms with van der Waals surface area (Å²) < 4.78 is 0. The van der Waals surface area contributed by atoms with E-state index < -0.39 is 11.4 Å². The van der Waals surface area contributed by atoms with Crippen LogP contribution in [0.2, 0.25) is 0 Å². The van der Waals surface area contributed by atoms with Crippen molar-refractivity contribution in [1.29, 1.82) is 0 Å². The van der Waals surface area contributed by atoms with Crippen LogP contribution >= 0.6 is 0 Å². The lowest BCUT2D eigenvalue weighted by Gasteiger charge is -2.24. The summed E-state index contributed by atoms with van der Waals surface area (Å²) in [4.78, 5) is 25.7. The fraction of sp³-hybridized carbons (Fsp3) is 0.579. The molecule has 0 saturated carbocycles. The molecule has 1 aliphatic rings. The zero-order valence-corrected chi connectivity index (χ0v) is 15.2. The normalized spacial score (nSPS) is 20.7. The minimum Gasteiger partial charge on any atom is -0.481 e. The van der Waals surface area contributed by atoms with Crippen molar-refractivity contribution in [3.05, 3.63) is 29.3 Å². The molecule has 5 heteroatoms. The minimum absolute atomic E-state index is 0.213. The average Bonchev–Trinajstić information content (AvgIpc) is 2.91. The molecule has 1 aliphatic heterocycles. The first-order valence-corrected chi connectivity index (χ1v) is 8.58. The van der Waals surface area contributed by atoms with Crippen molar-refractivity contribution < 1.29 is 14.7 Å². The number of hydrogen-bond acceptors (Lipinski definition) is 2. The van der Waals surface area contributed by atoms with Crippen LogP contribution in [-0.4, -0.2) is 35.1 Å². The Morgan fingerprint density at radius 2 is 1.71 bits per heavy atom. The molecule has 0 radical (unpaired) electrons. The number of urea groups is 1. The van der Waals surface area contributed by atoms with Gasteiger partial charge in [-0.1, -0.05) is 45.9 Å². The molecule has 1 fully saturated rings. The van der Waals surface area contributed by atoms with Gasteiger partial charge in [-0.3, -0.25) is 4.79 Å². The van der Waals surface area contributed by atoms with Crippen molar-refractivity contribution in [1.82, 2.24) is 4.90 Å². The topological polar surface area (TPSA) is 69.6 Å². The molecule has 0 aromatic heterocycles. The van der Waals surface area contributed by atoms with Crippen LogP contribution in [0.15, 0.2) is 18.2 Å². The third kappa shape index (κ3) is 3.55. The number of para-hydroxylation sites is 1. The SMILES string of the molecule is CC(C)c1cccc(C(C)C)c1NC(=O)N1CCC(C)(C(=O)O)C1. The van der Waals surface area contributed by atoms with E-state index in [1.165, 1.54) is 0 Å². The van der Waals surface area contributed by atoms with Crippen molar-refractivity contribution in [2.24, 2.45) is 5.41 Å². The molecule has 0 spiro atoms. The summed E-state index contributed by atoms with van der Waals surface area (Å²) in [5.74, 6) is -0.257. The van der Waals surface area contributed by atoms with Crippen LogP contribution in [0.1, 0.15) is 64.0 Å². The smallest absolute Gasteiger partial charge is 0.321 e. The molecule has 2 rings (SSSR count). The van der Waals surface area contributed by atoms with Gasteiger partial charge in [0.25, 0.3) is 0 Å². The summed E-state index contributed by atoms with van der Waals surface area (Å²) in [5, 5.41) is 12.4. The number of likely N-dealkylation sites (tertiary alicyclic amines) is 1. The number of rotatable bonds is 4. The number of nitrogens with zero attached hydrogens (tertiary/aromatic N) is 1. The first kappa shape index (κ1) is 18.3. The van der Waals surface area contributed by atoms with Gasteiger partial charge in [0.2, 0.25) is 0 Å². The first-order valence-electron chi connectivity index (χ1n) is 8.58. The molecule has 1 atom stereocenters. The van der Waals surface area contributed by atoms with Crippen molar-refractivity contribution in [2.75, 3.05) is 18.4 Å². The van der Waals surface area contributed by atoms with Crippen LogP contribution in [0.3, 0.4) is 0 Å². The van der Waals surface area contributed by atoms with E-state index in [2.05, 4.69) is 33.0 Å². The van der Waals surface area contributed by atoms with Gasteiger partial charge in [0.05, 0.1) is 5.41 Å². The van der Waals surface area contributed by atoms with Gasteiger partial charge >= 0.3 is 12.0 Å². The predicted molar refractivity (Wildman–Crippen MR) is 95.6 cm³/mol. The lowest BCUT2D eigenvalue weighted by molar-refractivity contribution is -0.146. The Kier molecular flexibility index (Phi) is 5.21. The van der Waals surface area contributed by atoms with Crippen LogP contribution in [0.5, 0.6) is 0 Å². The van der Waals surface area contributed by atoms with E-state index in [1.807, 2.05) is 18.2 Å². The number of carboxylic acids is 1. The summed E-state index contributed by atoms with van der Waals surface area (Å²) in [6.07, 6.45) is 0.485. The van der Waals surface area contributed by atoms with E-state index in [9.17, 15) is 14.7 Å². The molecule has 1 aromatic carbocycles. The summed E-state index contributed by atoms with van der Waals surface area (Å²) in [6.45, 7) is 10.8. The number of anilines is 1. The van der Waals surface area contributed by atoms with E-state index in [0.717, 1.165) is 16.8 Å². The number of amides is 2. The van der Waals surface area contributed by atoms with Crippen molar-refractivity contribution in [3.8, 4) is 0 Å². The van der Waals surface area contributed by atoms with E-state index >= 15 is 0 Å². The molecule has 0 aliphatic carbocycles.